The summed E-state index contributed by atoms with van der Waals surface area (Å²) in [7, 11) is 2.04. The van der Waals surface area contributed by atoms with E-state index in [1.54, 1.807) is 0 Å². The monoisotopic (exact) mass is 286 g/mol. The number of rotatable bonds is 5. The van der Waals surface area contributed by atoms with Crippen LogP contribution in [0, 0.1) is 0 Å². The zero-order valence-electron chi connectivity index (χ0n) is 13.2. The van der Waals surface area contributed by atoms with Crippen LogP contribution in [0.15, 0.2) is 24.3 Å². The molecule has 0 amide bonds. The number of para-hydroxylation sites is 1. The molecule has 1 aliphatic rings. The number of hydrogen-bond acceptors (Lipinski definition) is 3. The molecular formula is C17H26N4. The maximum atomic E-state index is 4.73. The number of hydrogen-bond donors (Lipinski definition) is 1. The summed E-state index contributed by atoms with van der Waals surface area (Å²) < 4.78 is 2.00. The number of aryl methyl sites for hydroxylation is 1. The molecule has 4 nitrogen and oxygen atoms in total. The van der Waals surface area contributed by atoms with Crippen molar-refractivity contribution in [3.63, 3.8) is 0 Å². The molecule has 21 heavy (non-hydrogen) atoms. The highest BCUT2D eigenvalue weighted by Gasteiger charge is 2.20. The molecule has 3 rings (SSSR count). The number of fused-ring (bicyclic) bond motifs is 1. The van der Waals surface area contributed by atoms with E-state index in [0.29, 0.717) is 6.04 Å². The van der Waals surface area contributed by atoms with E-state index < -0.39 is 0 Å². The number of benzene rings is 1. The van der Waals surface area contributed by atoms with Gasteiger partial charge in [-0.3, -0.25) is 9.58 Å². The van der Waals surface area contributed by atoms with Crippen LogP contribution < -0.4 is 5.32 Å². The van der Waals surface area contributed by atoms with E-state index in [1.807, 2.05) is 11.7 Å². The van der Waals surface area contributed by atoms with Gasteiger partial charge in [0.1, 0.15) is 0 Å². The minimum absolute atomic E-state index is 0.647. The molecule has 2 heterocycles. The lowest BCUT2D eigenvalue weighted by molar-refractivity contribution is 0.182. The third-order valence-corrected chi connectivity index (χ3v) is 4.40. The molecule has 0 spiro atoms. The van der Waals surface area contributed by atoms with Crippen molar-refractivity contribution in [2.75, 3.05) is 19.6 Å². The van der Waals surface area contributed by atoms with Crippen LogP contribution in [0.5, 0.6) is 0 Å². The largest absolute Gasteiger partial charge is 0.313 e. The normalized spacial score (nSPS) is 20.2. The average Bonchev–Trinajstić information content (AvgIpc) is 2.82. The Kier molecular flexibility index (Phi) is 4.56. The van der Waals surface area contributed by atoms with Gasteiger partial charge in [-0.25, -0.2) is 0 Å². The van der Waals surface area contributed by atoms with Crippen molar-refractivity contribution in [1.82, 2.24) is 20.0 Å². The van der Waals surface area contributed by atoms with E-state index in [9.17, 15) is 0 Å². The Morgan fingerprint density at radius 3 is 3.05 bits per heavy atom. The Morgan fingerprint density at radius 1 is 1.33 bits per heavy atom. The molecule has 1 aromatic carbocycles. The Labute approximate surface area is 127 Å². The second-order valence-electron chi connectivity index (χ2n) is 6.12. The summed E-state index contributed by atoms with van der Waals surface area (Å²) in [5, 5.41) is 9.68. The smallest absolute Gasteiger partial charge is 0.0843 e. The number of likely N-dealkylation sites (tertiary alicyclic amines) is 1. The van der Waals surface area contributed by atoms with Crippen LogP contribution in [0.2, 0.25) is 0 Å². The number of nitrogens with one attached hydrogen (secondary N) is 1. The summed E-state index contributed by atoms with van der Waals surface area (Å²) in [4.78, 5) is 2.55. The van der Waals surface area contributed by atoms with Crippen molar-refractivity contribution in [3.05, 3.63) is 30.0 Å². The van der Waals surface area contributed by atoms with Gasteiger partial charge in [0.25, 0.3) is 0 Å². The number of nitrogens with zero attached hydrogens (tertiary/aromatic N) is 3. The number of piperidine rings is 1. The van der Waals surface area contributed by atoms with Gasteiger partial charge in [0.15, 0.2) is 0 Å². The number of aromatic nitrogens is 2. The predicted molar refractivity (Wildman–Crippen MR) is 87.3 cm³/mol. The molecule has 0 aliphatic carbocycles. The lowest BCUT2D eigenvalue weighted by Crippen LogP contribution is -2.45. The van der Waals surface area contributed by atoms with Gasteiger partial charge in [0, 0.05) is 31.6 Å². The van der Waals surface area contributed by atoms with E-state index in [1.165, 1.54) is 42.4 Å². The predicted octanol–water partition coefficient (Wildman–Crippen LogP) is 2.54. The van der Waals surface area contributed by atoms with Gasteiger partial charge in [-0.1, -0.05) is 25.1 Å². The zero-order valence-corrected chi connectivity index (χ0v) is 13.2. The molecule has 0 saturated carbocycles. The summed E-state index contributed by atoms with van der Waals surface area (Å²) in [5.74, 6) is 0. The van der Waals surface area contributed by atoms with E-state index in [-0.39, 0.29) is 0 Å². The van der Waals surface area contributed by atoms with Gasteiger partial charge in [-0.2, -0.15) is 5.10 Å². The van der Waals surface area contributed by atoms with Crippen LogP contribution in [0.3, 0.4) is 0 Å². The fourth-order valence-electron chi connectivity index (χ4n) is 3.33. The second kappa shape index (κ2) is 6.58. The van der Waals surface area contributed by atoms with Crippen LogP contribution in [0.4, 0.5) is 0 Å². The molecule has 2 aromatic rings. The van der Waals surface area contributed by atoms with Crippen molar-refractivity contribution in [3.8, 4) is 0 Å². The quantitative estimate of drug-likeness (QED) is 0.917. The third-order valence-electron chi connectivity index (χ3n) is 4.40. The molecule has 1 saturated heterocycles. The van der Waals surface area contributed by atoms with Crippen molar-refractivity contribution < 1.29 is 0 Å². The first-order valence-corrected chi connectivity index (χ1v) is 8.14. The fraction of sp³-hybridized carbons (Fsp3) is 0.588. The summed E-state index contributed by atoms with van der Waals surface area (Å²) in [6.45, 7) is 6.66. The lowest BCUT2D eigenvalue weighted by Gasteiger charge is -2.32. The highest BCUT2D eigenvalue weighted by molar-refractivity contribution is 5.81. The third kappa shape index (κ3) is 3.27. The van der Waals surface area contributed by atoms with Gasteiger partial charge < -0.3 is 5.32 Å². The first-order chi connectivity index (χ1) is 10.3. The summed E-state index contributed by atoms with van der Waals surface area (Å²) >= 11 is 0. The van der Waals surface area contributed by atoms with Crippen LogP contribution in [-0.4, -0.2) is 40.4 Å². The molecule has 0 radical (unpaired) electrons. The van der Waals surface area contributed by atoms with Gasteiger partial charge in [-0.05, 0) is 38.4 Å². The van der Waals surface area contributed by atoms with Crippen LogP contribution in [-0.2, 0) is 13.6 Å². The molecule has 1 fully saturated rings. The van der Waals surface area contributed by atoms with Gasteiger partial charge in [0.2, 0.25) is 0 Å². The Hall–Kier alpha value is -1.39. The molecule has 0 bridgehead atoms. The Morgan fingerprint density at radius 2 is 2.19 bits per heavy atom. The minimum atomic E-state index is 0.647. The highest BCUT2D eigenvalue weighted by Crippen LogP contribution is 2.20. The van der Waals surface area contributed by atoms with Gasteiger partial charge in [0.05, 0.1) is 11.2 Å². The molecule has 1 aromatic heterocycles. The lowest BCUT2D eigenvalue weighted by atomic mass is 10.0. The standard InChI is InChI=1S/C17H26N4/c1-3-10-18-14-7-6-11-21(12-14)13-16-15-8-4-5-9-17(15)20(2)19-16/h4-5,8-9,14,18H,3,6-7,10-13H2,1-2H3. The highest BCUT2D eigenvalue weighted by atomic mass is 15.3. The zero-order chi connectivity index (χ0) is 14.7. The molecule has 1 N–H and O–H groups in total. The van der Waals surface area contributed by atoms with Crippen molar-refractivity contribution in [1.29, 1.82) is 0 Å². The first-order valence-electron chi connectivity index (χ1n) is 8.14. The summed E-state index contributed by atoms with van der Waals surface area (Å²) in [5.41, 5.74) is 2.44. The molecule has 1 unspecified atom stereocenters. The van der Waals surface area contributed by atoms with Gasteiger partial charge in [-0.15, -0.1) is 0 Å². The molecule has 114 valence electrons. The first kappa shape index (κ1) is 14.5. The topological polar surface area (TPSA) is 33.1 Å². The average molecular weight is 286 g/mol. The van der Waals surface area contributed by atoms with E-state index >= 15 is 0 Å². The fourth-order valence-corrected chi connectivity index (χ4v) is 3.33. The van der Waals surface area contributed by atoms with E-state index in [0.717, 1.165) is 19.6 Å². The maximum Gasteiger partial charge on any atom is 0.0843 e. The molecule has 4 heteroatoms. The van der Waals surface area contributed by atoms with E-state index in [2.05, 4.69) is 41.4 Å². The summed E-state index contributed by atoms with van der Waals surface area (Å²) in [6.07, 6.45) is 3.80. The second-order valence-corrected chi connectivity index (χ2v) is 6.12. The summed E-state index contributed by atoms with van der Waals surface area (Å²) in [6, 6.07) is 9.17. The van der Waals surface area contributed by atoms with Gasteiger partial charge >= 0.3 is 0 Å². The van der Waals surface area contributed by atoms with E-state index in [4.69, 9.17) is 5.10 Å². The Bertz CT molecular complexity index is 589. The minimum Gasteiger partial charge on any atom is -0.313 e. The van der Waals surface area contributed by atoms with Crippen molar-refractivity contribution in [2.45, 2.75) is 38.8 Å². The molecular weight excluding hydrogens is 260 g/mol. The van der Waals surface area contributed by atoms with Crippen LogP contribution in [0.1, 0.15) is 31.9 Å². The van der Waals surface area contributed by atoms with Crippen molar-refractivity contribution in [2.24, 2.45) is 7.05 Å². The van der Waals surface area contributed by atoms with Crippen LogP contribution >= 0.6 is 0 Å². The molecule has 1 atom stereocenters. The Balaban J connectivity index is 1.70. The molecule has 1 aliphatic heterocycles. The van der Waals surface area contributed by atoms with Crippen LogP contribution in [0.25, 0.3) is 10.9 Å². The maximum absolute atomic E-state index is 4.73. The SMILES string of the molecule is CCCNC1CCCN(Cc2nn(C)c3ccccc23)C1. The van der Waals surface area contributed by atoms with Crippen molar-refractivity contribution >= 4 is 10.9 Å².